The minimum Gasteiger partial charge on any atom is -0.375 e. The van der Waals surface area contributed by atoms with E-state index in [4.69, 9.17) is 19.4 Å². The number of fused-ring (bicyclic) bond motifs is 1. The summed E-state index contributed by atoms with van der Waals surface area (Å²) in [6.45, 7) is 7.38. The van der Waals surface area contributed by atoms with Crippen molar-refractivity contribution >= 4 is 28.6 Å². The van der Waals surface area contributed by atoms with E-state index in [1.165, 1.54) is 11.7 Å². The number of anilines is 2. The van der Waals surface area contributed by atoms with Crippen molar-refractivity contribution in [2.75, 3.05) is 62.8 Å². The zero-order valence-electron chi connectivity index (χ0n) is 21.2. The quantitative estimate of drug-likeness (QED) is 0.495. The summed E-state index contributed by atoms with van der Waals surface area (Å²) in [7, 11) is 1.50. The smallest absolute Gasteiger partial charge is 0.296 e. The van der Waals surface area contributed by atoms with Gasteiger partial charge in [0, 0.05) is 45.9 Å². The number of nitrogens with zero attached hydrogens (tertiary/aromatic N) is 7. The van der Waals surface area contributed by atoms with Crippen LogP contribution >= 0.6 is 0 Å². The number of para-hydroxylation sites is 2. The average Bonchev–Trinajstić information content (AvgIpc) is 3.30. The van der Waals surface area contributed by atoms with Gasteiger partial charge in [-0.15, -0.1) is 0 Å². The van der Waals surface area contributed by atoms with E-state index in [1.807, 2.05) is 13.0 Å². The molecule has 2 aliphatic rings. The third kappa shape index (κ3) is 4.95. The second-order valence-corrected chi connectivity index (χ2v) is 9.29. The first-order chi connectivity index (χ1) is 17.9. The lowest BCUT2D eigenvalue weighted by molar-refractivity contribution is -0.135. The van der Waals surface area contributed by atoms with Crippen molar-refractivity contribution in [3.05, 3.63) is 36.2 Å². The Morgan fingerprint density at radius 1 is 1.08 bits per heavy atom. The molecular formula is C25H31F2N7O3. The standard InChI is InChI=1S/C25H31F2N7O3/c1-16-17(2)37-13-12-33(16)21-14-20(31-8-10-32(11-9-31)22(35)15-36-3)29-25(30-21)34-19-7-5-4-6-18(19)28-24(34)23(26)27/h4-7,14,16-17,23H,8-13,15H2,1-3H3/t16-,17-/m0/s1. The molecule has 0 unspecified atom stereocenters. The third-order valence-corrected chi connectivity index (χ3v) is 7.07. The van der Waals surface area contributed by atoms with Crippen LogP contribution in [0.3, 0.4) is 0 Å². The summed E-state index contributed by atoms with van der Waals surface area (Å²) in [5.74, 6) is 0.930. The van der Waals surface area contributed by atoms with Crippen LogP contribution in [-0.2, 0) is 14.3 Å². The summed E-state index contributed by atoms with van der Waals surface area (Å²) in [6, 6.07) is 8.91. The SMILES string of the molecule is COCC(=O)N1CCN(c2cc(N3CCO[C@@H](C)[C@@H]3C)nc(-n3c(C(F)F)nc4ccccc43)n2)CC1. The van der Waals surface area contributed by atoms with Crippen LogP contribution in [0.4, 0.5) is 20.4 Å². The second kappa shape index (κ2) is 10.5. The Balaban J connectivity index is 1.57. The lowest BCUT2D eigenvalue weighted by Crippen LogP contribution is -2.50. The van der Waals surface area contributed by atoms with Crippen LogP contribution in [0.25, 0.3) is 17.0 Å². The monoisotopic (exact) mass is 515 g/mol. The molecule has 2 atom stereocenters. The van der Waals surface area contributed by atoms with Crippen molar-refractivity contribution in [2.24, 2.45) is 0 Å². The predicted octanol–water partition coefficient (Wildman–Crippen LogP) is 2.66. The van der Waals surface area contributed by atoms with Crippen LogP contribution in [0.15, 0.2) is 30.3 Å². The normalized spacial score (nSPS) is 20.8. The highest BCUT2D eigenvalue weighted by atomic mass is 19.3. The maximum absolute atomic E-state index is 14.1. The Morgan fingerprint density at radius 3 is 2.54 bits per heavy atom. The molecule has 5 rings (SSSR count). The number of rotatable bonds is 6. The second-order valence-electron chi connectivity index (χ2n) is 9.29. The van der Waals surface area contributed by atoms with Crippen molar-refractivity contribution < 1.29 is 23.0 Å². The molecule has 0 aliphatic carbocycles. The van der Waals surface area contributed by atoms with E-state index in [2.05, 4.69) is 21.7 Å². The van der Waals surface area contributed by atoms with E-state index in [0.29, 0.717) is 62.0 Å². The van der Waals surface area contributed by atoms with E-state index < -0.39 is 12.2 Å². The van der Waals surface area contributed by atoms with E-state index in [1.54, 1.807) is 29.2 Å². The summed E-state index contributed by atoms with van der Waals surface area (Å²) in [5.41, 5.74) is 0.964. The number of alkyl halides is 2. The van der Waals surface area contributed by atoms with Gasteiger partial charge in [0.2, 0.25) is 11.9 Å². The zero-order chi connectivity index (χ0) is 26.1. The molecule has 2 saturated heterocycles. The molecule has 0 N–H and O–H groups in total. The molecule has 2 aromatic heterocycles. The van der Waals surface area contributed by atoms with Gasteiger partial charge in [-0.05, 0) is 26.0 Å². The first-order valence-corrected chi connectivity index (χ1v) is 12.4. The van der Waals surface area contributed by atoms with Gasteiger partial charge in [-0.3, -0.25) is 9.36 Å². The molecule has 0 saturated carbocycles. The first-order valence-electron chi connectivity index (χ1n) is 12.4. The van der Waals surface area contributed by atoms with Gasteiger partial charge in [0.1, 0.15) is 18.2 Å². The maximum atomic E-state index is 14.1. The van der Waals surface area contributed by atoms with E-state index in [9.17, 15) is 13.6 Å². The molecule has 10 nitrogen and oxygen atoms in total. The number of amides is 1. The van der Waals surface area contributed by atoms with Gasteiger partial charge in [0.15, 0.2) is 5.82 Å². The van der Waals surface area contributed by atoms with Gasteiger partial charge in [-0.2, -0.15) is 9.97 Å². The lowest BCUT2D eigenvalue weighted by atomic mass is 10.1. The number of imidazole rings is 1. The molecule has 0 radical (unpaired) electrons. The van der Waals surface area contributed by atoms with Crippen LogP contribution in [0.5, 0.6) is 0 Å². The fourth-order valence-electron chi connectivity index (χ4n) is 4.88. The molecule has 2 aliphatic heterocycles. The fraction of sp³-hybridized carbons (Fsp3) is 0.520. The molecule has 1 amide bonds. The number of carbonyl (C=O) groups is 1. The third-order valence-electron chi connectivity index (χ3n) is 7.07. The molecule has 0 spiro atoms. The molecular weight excluding hydrogens is 484 g/mol. The summed E-state index contributed by atoms with van der Waals surface area (Å²) < 4.78 is 40.4. The first kappa shape index (κ1) is 25.3. The van der Waals surface area contributed by atoms with Crippen molar-refractivity contribution in [3.8, 4) is 5.95 Å². The predicted molar refractivity (Wildman–Crippen MR) is 135 cm³/mol. The molecule has 4 heterocycles. The number of piperazine rings is 1. The number of carbonyl (C=O) groups excluding carboxylic acids is 1. The Labute approximate surface area is 213 Å². The largest absolute Gasteiger partial charge is 0.375 e. The van der Waals surface area contributed by atoms with Crippen molar-refractivity contribution in [1.29, 1.82) is 0 Å². The zero-order valence-corrected chi connectivity index (χ0v) is 21.2. The number of aromatic nitrogens is 4. The summed E-state index contributed by atoms with van der Waals surface area (Å²) in [4.78, 5) is 31.9. The van der Waals surface area contributed by atoms with Gasteiger partial charge in [-0.25, -0.2) is 13.8 Å². The Hall–Kier alpha value is -3.38. The average molecular weight is 516 g/mol. The van der Waals surface area contributed by atoms with Crippen LogP contribution in [0.2, 0.25) is 0 Å². The number of hydrogen-bond donors (Lipinski definition) is 0. The summed E-state index contributed by atoms with van der Waals surface area (Å²) in [6.07, 6.45) is -2.82. The Kier molecular flexibility index (Phi) is 7.20. The number of morpholine rings is 1. The van der Waals surface area contributed by atoms with Crippen LogP contribution in [0, 0.1) is 0 Å². The van der Waals surface area contributed by atoms with Gasteiger partial charge >= 0.3 is 0 Å². The number of ether oxygens (including phenoxy) is 2. The molecule has 0 bridgehead atoms. The highest BCUT2D eigenvalue weighted by Crippen LogP contribution is 2.31. The highest BCUT2D eigenvalue weighted by molar-refractivity contribution is 5.78. The number of benzene rings is 1. The van der Waals surface area contributed by atoms with Crippen molar-refractivity contribution in [1.82, 2.24) is 24.4 Å². The van der Waals surface area contributed by atoms with Crippen molar-refractivity contribution in [3.63, 3.8) is 0 Å². The van der Waals surface area contributed by atoms with Crippen LogP contribution in [-0.4, -0.2) is 95.5 Å². The summed E-state index contributed by atoms with van der Waals surface area (Å²) >= 11 is 0. The van der Waals surface area contributed by atoms with E-state index >= 15 is 0 Å². The number of methoxy groups -OCH3 is 1. The molecule has 1 aromatic carbocycles. The molecule has 2 fully saturated rings. The van der Waals surface area contributed by atoms with Gasteiger partial charge in [0.25, 0.3) is 6.43 Å². The maximum Gasteiger partial charge on any atom is 0.296 e. The van der Waals surface area contributed by atoms with E-state index in [0.717, 1.165) is 0 Å². The lowest BCUT2D eigenvalue weighted by Gasteiger charge is -2.39. The number of halogens is 2. The minimum atomic E-state index is -2.80. The number of hydrogen-bond acceptors (Lipinski definition) is 8. The van der Waals surface area contributed by atoms with E-state index in [-0.39, 0.29) is 30.6 Å². The topological polar surface area (TPSA) is 88.9 Å². The van der Waals surface area contributed by atoms with Crippen LogP contribution < -0.4 is 9.80 Å². The van der Waals surface area contributed by atoms with Crippen LogP contribution in [0.1, 0.15) is 26.1 Å². The van der Waals surface area contributed by atoms with Crippen molar-refractivity contribution in [2.45, 2.75) is 32.4 Å². The minimum absolute atomic E-state index is 0.0170. The molecule has 3 aromatic rings. The van der Waals surface area contributed by atoms with Gasteiger partial charge in [-0.1, -0.05) is 12.1 Å². The Morgan fingerprint density at radius 2 is 1.81 bits per heavy atom. The molecule has 12 heteroatoms. The Bertz CT molecular complexity index is 1260. The fourth-order valence-corrected chi connectivity index (χ4v) is 4.88. The molecule has 37 heavy (non-hydrogen) atoms. The van der Waals surface area contributed by atoms with Gasteiger partial charge < -0.3 is 24.2 Å². The van der Waals surface area contributed by atoms with Gasteiger partial charge in [0.05, 0.1) is 29.8 Å². The molecule has 198 valence electrons. The highest BCUT2D eigenvalue weighted by Gasteiger charge is 2.30. The summed E-state index contributed by atoms with van der Waals surface area (Å²) in [5, 5.41) is 0.